The molecule has 0 fully saturated rings. The monoisotopic (exact) mass is 373 g/mol. The molecule has 0 bridgehead atoms. The molecule has 0 saturated heterocycles. The number of halogens is 2. The lowest BCUT2D eigenvalue weighted by Crippen LogP contribution is -2.46. The maximum absolute atomic E-state index is 13.2. The van der Waals surface area contributed by atoms with Crippen LogP contribution >= 0.6 is 15.9 Å². The number of nitrogens with one attached hydrogen (secondary N) is 1. The Balaban J connectivity index is 2.60. The minimum Gasteiger partial charge on any atom is -0.481 e. The third-order valence-electron chi connectivity index (χ3n) is 3.40. The zero-order valence-corrected chi connectivity index (χ0v) is 14.5. The molecule has 0 heterocycles. The van der Waals surface area contributed by atoms with Gasteiger partial charge in [0.05, 0.1) is 4.47 Å². The Morgan fingerprint density at radius 3 is 2.59 bits per heavy atom. The zero-order chi connectivity index (χ0) is 16.9. The fraction of sp³-hybridized carbons (Fsp3) is 0.500. The molecule has 0 radical (unpaired) electrons. The molecule has 0 spiro atoms. The molecular formula is C16H21BrFNO3. The third-order valence-corrected chi connectivity index (χ3v) is 4.01. The quantitative estimate of drug-likeness (QED) is 0.768. The van der Waals surface area contributed by atoms with Crippen molar-refractivity contribution in [2.75, 3.05) is 0 Å². The van der Waals surface area contributed by atoms with Crippen molar-refractivity contribution in [3.8, 4) is 0 Å². The number of amides is 1. The zero-order valence-electron chi connectivity index (χ0n) is 13.0. The lowest BCUT2D eigenvalue weighted by Gasteiger charge is -2.27. The van der Waals surface area contributed by atoms with Crippen LogP contribution in [0, 0.1) is 11.7 Å². The number of benzene rings is 1. The van der Waals surface area contributed by atoms with Gasteiger partial charge in [0, 0.05) is 17.9 Å². The first-order valence-electron chi connectivity index (χ1n) is 7.08. The van der Waals surface area contributed by atoms with Crippen molar-refractivity contribution in [1.82, 2.24) is 5.32 Å². The highest BCUT2D eigenvalue weighted by Crippen LogP contribution is 2.20. The van der Waals surface area contributed by atoms with Crippen LogP contribution < -0.4 is 5.32 Å². The second-order valence-corrected chi connectivity index (χ2v) is 6.97. The molecule has 0 aliphatic rings. The van der Waals surface area contributed by atoms with Gasteiger partial charge in [-0.3, -0.25) is 9.59 Å². The summed E-state index contributed by atoms with van der Waals surface area (Å²) in [5, 5.41) is 11.6. The molecule has 0 aromatic heterocycles. The minimum atomic E-state index is -0.883. The molecular weight excluding hydrogens is 353 g/mol. The van der Waals surface area contributed by atoms with E-state index in [1.54, 1.807) is 32.9 Å². The molecule has 1 aromatic rings. The van der Waals surface area contributed by atoms with Crippen molar-refractivity contribution in [3.63, 3.8) is 0 Å². The van der Waals surface area contributed by atoms with E-state index in [0.717, 1.165) is 5.56 Å². The summed E-state index contributed by atoms with van der Waals surface area (Å²) < 4.78 is 13.6. The standard InChI is InChI=1S/C16H21BrFNO3/c1-10(8-11-4-5-13(18)12(17)9-11)15(22)19-16(2,3)7-6-14(20)21/h4-5,9-10H,6-8H2,1-3H3,(H,19,22)(H,20,21). The SMILES string of the molecule is CC(Cc1ccc(F)c(Br)c1)C(=O)NC(C)(C)CCC(=O)O. The molecule has 1 rings (SSSR count). The van der Waals surface area contributed by atoms with Crippen LogP contribution in [-0.2, 0) is 16.0 Å². The fourth-order valence-electron chi connectivity index (χ4n) is 2.05. The maximum Gasteiger partial charge on any atom is 0.303 e. The van der Waals surface area contributed by atoms with Gasteiger partial charge >= 0.3 is 5.97 Å². The van der Waals surface area contributed by atoms with Crippen LogP contribution in [0.5, 0.6) is 0 Å². The molecule has 0 saturated carbocycles. The van der Waals surface area contributed by atoms with Crippen molar-refractivity contribution in [2.24, 2.45) is 5.92 Å². The van der Waals surface area contributed by atoms with Gasteiger partial charge < -0.3 is 10.4 Å². The maximum atomic E-state index is 13.2. The summed E-state index contributed by atoms with van der Waals surface area (Å²) in [4.78, 5) is 22.8. The Bertz CT molecular complexity index is 560. The van der Waals surface area contributed by atoms with Gasteiger partial charge in [-0.1, -0.05) is 13.0 Å². The lowest BCUT2D eigenvalue weighted by molar-refractivity contribution is -0.138. The Hall–Kier alpha value is -1.43. The van der Waals surface area contributed by atoms with Crippen molar-refractivity contribution < 1.29 is 19.1 Å². The predicted octanol–water partition coefficient (Wildman–Crippen LogP) is 3.53. The van der Waals surface area contributed by atoms with Crippen LogP contribution in [0.1, 0.15) is 39.2 Å². The molecule has 122 valence electrons. The number of carbonyl (C=O) groups is 2. The van der Waals surface area contributed by atoms with Crippen LogP contribution in [0.4, 0.5) is 4.39 Å². The number of hydrogen-bond donors (Lipinski definition) is 2. The van der Waals surface area contributed by atoms with Gasteiger partial charge in [0.1, 0.15) is 5.82 Å². The molecule has 0 aliphatic heterocycles. The van der Waals surface area contributed by atoms with Gasteiger partial charge in [-0.15, -0.1) is 0 Å². The number of carboxylic acid groups (broad SMARTS) is 1. The highest BCUT2D eigenvalue weighted by molar-refractivity contribution is 9.10. The molecule has 4 nitrogen and oxygen atoms in total. The average Bonchev–Trinajstić information content (AvgIpc) is 2.40. The second-order valence-electron chi connectivity index (χ2n) is 6.12. The predicted molar refractivity (Wildman–Crippen MR) is 86.1 cm³/mol. The van der Waals surface area contributed by atoms with E-state index < -0.39 is 11.5 Å². The van der Waals surface area contributed by atoms with Crippen LogP contribution in [0.25, 0.3) is 0 Å². The first kappa shape index (κ1) is 18.6. The van der Waals surface area contributed by atoms with E-state index in [2.05, 4.69) is 21.2 Å². The normalized spacial score (nSPS) is 12.8. The summed E-state index contributed by atoms with van der Waals surface area (Å²) in [5.41, 5.74) is 0.284. The van der Waals surface area contributed by atoms with Crippen molar-refractivity contribution in [1.29, 1.82) is 0 Å². The first-order valence-corrected chi connectivity index (χ1v) is 7.88. The molecule has 1 amide bonds. The molecule has 1 atom stereocenters. The number of carboxylic acids is 1. The van der Waals surface area contributed by atoms with E-state index in [-0.39, 0.29) is 24.1 Å². The molecule has 2 N–H and O–H groups in total. The molecule has 22 heavy (non-hydrogen) atoms. The van der Waals surface area contributed by atoms with Gasteiger partial charge in [0.25, 0.3) is 0 Å². The fourth-order valence-corrected chi connectivity index (χ4v) is 2.48. The molecule has 1 aromatic carbocycles. The Morgan fingerprint density at radius 2 is 2.05 bits per heavy atom. The van der Waals surface area contributed by atoms with Crippen LogP contribution in [0.2, 0.25) is 0 Å². The molecule has 6 heteroatoms. The van der Waals surface area contributed by atoms with Crippen LogP contribution in [0.15, 0.2) is 22.7 Å². The van der Waals surface area contributed by atoms with E-state index in [9.17, 15) is 14.0 Å². The van der Waals surface area contributed by atoms with Crippen molar-refractivity contribution in [3.05, 3.63) is 34.1 Å². The number of carbonyl (C=O) groups excluding carboxylic acids is 1. The van der Waals surface area contributed by atoms with Gasteiger partial charge in [-0.2, -0.15) is 0 Å². The average molecular weight is 374 g/mol. The highest BCUT2D eigenvalue weighted by Gasteiger charge is 2.24. The summed E-state index contributed by atoms with van der Waals surface area (Å²) in [6, 6.07) is 4.68. The second kappa shape index (κ2) is 7.72. The topological polar surface area (TPSA) is 66.4 Å². The number of hydrogen-bond acceptors (Lipinski definition) is 2. The third kappa shape index (κ3) is 6.13. The largest absolute Gasteiger partial charge is 0.481 e. The first-order chi connectivity index (χ1) is 10.1. The Morgan fingerprint density at radius 1 is 1.41 bits per heavy atom. The van der Waals surface area contributed by atoms with E-state index in [4.69, 9.17) is 5.11 Å². The molecule has 0 aliphatic carbocycles. The van der Waals surface area contributed by atoms with E-state index in [1.165, 1.54) is 6.07 Å². The van der Waals surface area contributed by atoms with Crippen molar-refractivity contribution >= 4 is 27.8 Å². The van der Waals surface area contributed by atoms with Gasteiger partial charge in [0.15, 0.2) is 0 Å². The number of aliphatic carboxylic acids is 1. The molecule has 1 unspecified atom stereocenters. The lowest BCUT2D eigenvalue weighted by atomic mass is 9.95. The minimum absolute atomic E-state index is 0.00652. The van der Waals surface area contributed by atoms with Gasteiger partial charge in [-0.05, 0) is 60.3 Å². The summed E-state index contributed by atoms with van der Waals surface area (Å²) in [6.45, 7) is 5.39. The Kier molecular flexibility index (Phi) is 6.53. The van der Waals surface area contributed by atoms with Crippen LogP contribution in [0.3, 0.4) is 0 Å². The summed E-state index contributed by atoms with van der Waals surface area (Å²) in [7, 11) is 0. The van der Waals surface area contributed by atoms with E-state index in [0.29, 0.717) is 17.3 Å². The highest BCUT2D eigenvalue weighted by atomic mass is 79.9. The number of rotatable bonds is 7. The van der Waals surface area contributed by atoms with Crippen LogP contribution in [-0.4, -0.2) is 22.5 Å². The van der Waals surface area contributed by atoms with Crippen molar-refractivity contribution in [2.45, 2.75) is 45.6 Å². The van der Waals surface area contributed by atoms with E-state index >= 15 is 0 Å². The smallest absolute Gasteiger partial charge is 0.303 e. The summed E-state index contributed by atoms with van der Waals surface area (Å²) in [6.07, 6.45) is 0.856. The van der Waals surface area contributed by atoms with E-state index in [1.807, 2.05) is 0 Å². The summed E-state index contributed by atoms with van der Waals surface area (Å²) in [5.74, 6) is -1.65. The summed E-state index contributed by atoms with van der Waals surface area (Å²) >= 11 is 3.12. The van der Waals surface area contributed by atoms with Gasteiger partial charge in [-0.25, -0.2) is 4.39 Å². The van der Waals surface area contributed by atoms with Gasteiger partial charge in [0.2, 0.25) is 5.91 Å². The Labute approximate surface area is 138 Å².